The topological polar surface area (TPSA) is 32.3 Å². The van der Waals surface area contributed by atoms with Crippen molar-refractivity contribution < 1.29 is 9.50 Å². The molecule has 1 aromatic rings. The van der Waals surface area contributed by atoms with Crippen LogP contribution in [-0.4, -0.2) is 23.3 Å². The van der Waals surface area contributed by atoms with Crippen LogP contribution >= 0.6 is 0 Å². The summed E-state index contributed by atoms with van der Waals surface area (Å²) in [6.07, 6.45) is 0.521. The van der Waals surface area contributed by atoms with Crippen molar-refractivity contribution in [2.45, 2.75) is 38.8 Å². The van der Waals surface area contributed by atoms with Crippen LogP contribution in [0.1, 0.15) is 26.3 Å². The molecule has 0 aliphatic rings. The summed E-state index contributed by atoms with van der Waals surface area (Å²) in [6.45, 7) is 6.38. The van der Waals surface area contributed by atoms with Gasteiger partial charge in [0.2, 0.25) is 0 Å². The van der Waals surface area contributed by atoms with Gasteiger partial charge >= 0.3 is 0 Å². The summed E-state index contributed by atoms with van der Waals surface area (Å²) in [5, 5.41) is 13.3. The Kier molecular flexibility index (Phi) is 4.44. The molecular weight excluding hydrogens is 205 g/mol. The van der Waals surface area contributed by atoms with E-state index in [-0.39, 0.29) is 5.82 Å². The number of hydrogen-bond acceptors (Lipinski definition) is 2. The molecule has 2 nitrogen and oxygen atoms in total. The fourth-order valence-corrected chi connectivity index (χ4v) is 1.53. The lowest BCUT2D eigenvalue weighted by Crippen LogP contribution is -2.42. The average Bonchev–Trinajstić information content (AvgIpc) is 2.19. The molecule has 1 atom stereocenters. The predicted molar refractivity (Wildman–Crippen MR) is 63.9 cm³/mol. The second-order valence-electron chi connectivity index (χ2n) is 4.84. The third kappa shape index (κ3) is 4.73. The number of nitrogens with one attached hydrogen (secondary N) is 1. The Morgan fingerprint density at radius 2 is 1.88 bits per heavy atom. The van der Waals surface area contributed by atoms with Crippen LogP contribution < -0.4 is 5.32 Å². The summed E-state index contributed by atoms with van der Waals surface area (Å²) in [5.41, 5.74) is 0.138. The highest BCUT2D eigenvalue weighted by molar-refractivity contribution is 5.18. The van der Waals surface area contributed by atoms with E-state index in [2.05, 4.69) is 5.32 Å². The van der Waals surface area contributed by atoms with E-state index in [9.17, 15) is 9.50 Å². The zero-order chi connectivity index (χ0) is 12.2. The summed E-state index contributed by atoms with van der Waals surface area (Å²) >= 11 is 0. The third-order valence-corrected chi connectivity index (χ3v) is 2.39. The molecule has 3 heteroatoms. The smallest absolute Gasteiger partial charge is 0.123 e. The molecule has 0 aliphatic heterocycles. The van der Waals surface area contributed by atoms with Crippen molar-refractivity contribution in [1.29, 1.82) is 0 Å². The molecule has 0 aromatic heterocycles. The van der Waals surface area contributed by atoms with Crippen molar-refractivity contribution in [2.24, 2.45) is 0 Å². The third-order valence-electron chi connectivity index (χ3n) is 2.39. The molecule has 0 bridgehead atoms. The molecule has 0 saturated carbocycles. The highest BCUT2D eigenvalue weighted by Gasteiger charge is 2.20. The van der Waals surface area contributed by atoms with Crippen LogP contribution in [0.4, 0.5) is 4.39 Å². The molecule has 0 amide bonds. The summed E-state index contributed by atoms with van der Waals surface area (Å²) in [6, 6.07) is 6.60. The number of aliphatic hydroxyl groups is 1. The lowest BCUT2D eigenvalue weighted by Gasteiger charge is -2.25. The first kappa shape index (κ1) is 13.1. The minimum Gasteiger partial charge on any atom is -0.389 e. The summed E-state index contributed by atoms with van der Waals surface area (Å²) in [5.74, 6) is -0.247. The van der Waals surface area contributed by atoms with Crippen molar-refractivity contribution in [3.63, 3.8) is 0 Å². The van der Waals surface area contributed by atoms with E-state index in [1.165, 1.54) is 12.1 Å². The predicted octanol–water partition coefficient (Wildman–Crippen LogP) is 2.12. The van der Waals surface area contributed by atoms with Crippen molar-refractivity contribution in [3.8, 4) is 0 Å². The molecule has 90 valence electrons. The Labute approximate surface area is 96.5 Å². The van der Waals surface area contributed by atoms with Crippen molar-refractivity contribution in [1.82, 2.24) is 5.32 Å². The maximum absolute atomic E-state index is 12.7. The van der Waals surface area contributed by atoms with Crippen LogP contribution in [0, 0.1) is 5.82 Å². The molecule has 16 heavy (non-hydrogen) atoms. The first-order valence-electron chi connectivity index (χ1n) is 5.59. The van der Waals surface area contributed by atoms with Gasteiger partial charge in [0.25, 0.3) is 0 Å². The van der Waals surface area contributed by atoms with Gasteiger partial charge in [-0.05, 0) is 24.6 Å². The van der Waals surface area contributed by atoms with Crippen LogP contribution in [0.3, 0.4) is 0 Å². The highest BCUT2D eigenvalue weighted by Crippen LogP contribution is 2.13. The maximum atomic E-state index is 12.7. The zero-order valence-electron chi connectivity index (χ0n) is 10.1. The van der Waals surface area contributed by atoms with Gasteiger partial charge in [0, 0.05) is 19.0 Å². The molecule has 1 unspecified atom stereocenters. The van der Waals surface area contributed by atoms with E-state index >= 15 is 0 Å². The summed E-state index contributed by atoms with van der Waals surface area (Å²) < 4.78 is 12.7. The lowest BCUT2D eigenvalue weighted by atomic mass is 9.96. The highest BCUT2D eigenvalue weighted by atomic mass is 19.1. The van der Waals surface area contributed by atoms with Crippen LogP contribution in [-0.2, 0) is 6.42 Å². The second kappa shape index (κ2) is 5.41. The van der Waals surface area contributed by atoms with E-state index in [0.29, 0.717) is 19.0 Å². The van der Waals surface area contributed by atoms with Gasteiger partial charge < -0.3 is 10.4 Å². The van der Waals surface area contributed by atoms with Gasteiger partial charge in [-0.2, -0.15) is 0 Å². The monoisotopic (exact) mass is 225 g/mol. The van der Waals surface area contributed by atoms with Crippen LogP contribution in [0.2, 0.25) is 0 Å². The van der Waals surface area contributed by atoms with E-state index in [4.69, 9.17) is 0 Å². The van der Waals surface area contributed by atoms with E-state index in [1.807, 2.05) is 13.8 Å². The first-order chi connectivity index (χ1) is 7.39. The maximum Gasteiger partial charge on any atom is 0.123 e. The Balaban J connectivity index is 2.54. The number of hydrogen-bond donors (Lipinski definition) is 2. The molecule has 1 rings (SSSR count). The average molecular weight is 225 g/mol. The minimum atomic E-state index is -0.803. The molecule has 1 aromatic carbocycles. The van der Waals surface area contributed by atoms with E-state index in [0.717, 1.165) is 5.56 Å². The Bertz CT molecular complexity index is 319. The van der Waals surface area contributed by atoms with Gasteiger partial charge in [-0.25, -0.2) is 4.39 Å². The van der Waals surface area contributed by atoms with Gasteiger partial charge in [-0.1, -0.05) is 26.0 Å². The van der Waals surface area contributed by atoms with Gasteiger partial charge in [0.15, 0.2) is 0 Å². The van der Waals surface area contributed by atoms with E-state index < -0.39 is 5.60 Å². The molecule has 0 radical (unpaired) electrons. The Morgan fingerprint density at radius 3 is 2.38 bits per heavy atom. The minimum absolute atomic E-state index is 0.247. The number of rotatable bonds is 5. The summed E-state index contributed by atoms with van der Waals surface area (Å²) in [4.78, 5) is 0. The van der Waals surface area contributed by atoms with E-state index in [1.54, 1.807) is 19.1 Å². The fraction of sp³-hybridized carbons (Fsp3) is 0.538. The van der Waals surface area contributed by atoms with Crippen LogP contribution in [0.5, 0.6) is 0 Å². The largest absolute Gasteiger partial charge is 0.389 e. The standard InChI is InChI=1S/C13H20FNO/c1-10(2)15-9-13(3,16)8-11-4-6-12(14)7-5-11/h4-7,10,15-16H,8-9H2,1-3H3. The SMILES string of the molecule is CC(C)NCC(C)(O)Cc1ccc(F)cc1. The normalized spacial score (nSPS) is 15.1. The summed E-state index contributed by atoms with van der Waals surface area (Å²) in [7, 11) is 0. The Hall–Kier alpha value is -0.930. The molecule has 0 fully saturated rings. The van der Waals surface area contributed by atoms with Gasteiger partial charge in [0.05, 0.1) is 5.60 Å². The quantitative estimate of drug-likeness (QED) is 0.804. The van der Waals surface area contributed by atoms with Crippen molar-refractivity contribution in [3.05, 3.63) is 35.6 Å². The molecule has 2 N–H and O–H groups in total. The zero-order valence-corrected chi connectivity index (χ0v) is 10.1. The lowest BCUT2D eigenvalue weighted by molar-refractivity contribution is 0.0581. The van der Waals surface area contributed by atoms with Gasteiger partial charge in [0.1, 0.15) is 5.82 Å². The molecule has 0 heterocycles. The molecule has 0 saturated heterocycles. The van der Waals surface area contributed by atoms with Crippen molar-refractivity contribution in [2.75, 3.05) is 6.54 Å². The number of benzene rings is 1. The molecule has 0 aliphatic carbocycles. The van der Waals surface area contributed by atoms with Crippen LogP contribution in [0.25, 0.3) is 0 Å². The first-order valence-corrected chi connectivity index (χ1v) is 5.59. The van der Waals surface area contributed by atoms with Gasteiger partial charge in [-0.3, -0.25) is 0 Å². The fourth-order valence-electron chi connectivity index (χ4n) is 1.53. The molecular formula is C13H20FNO. The van der Waals surface area contributed by atoms with Crippen LogP contribution in [0.15, 0.2) is 24.3 Å². The Morgan fingerprint density at radius 1 is 1.31 bits per heavy atom. The van der Waals surface area contributed by atoms with Crippen molar-refractivity contribution >= 4 is 0 Å². The molecule has 0 spiro atoms. The second-order valence-corrected chi connectivity index (χ2v) is 4.84. The van der Waals surface area contributed by atoms with Gasteiger partial charge in [-0.15, -0.1) is 0 Å². The number of halogens is 1.